The Morgan fingerprint density at radius 2 is 1.51 bits per heavy atom. The zero-order chi connectivity index (χ0) is 25.4. The summed E-state index contributed by atoms with van der Waals surface area (Å²) < 4.78 is 7.01. The van der Waals surface area contributed by atoms with Crippen LogP contribution in [0.2, 0.25) is 0 Å². The van der Waals surface area contributed by atoms with Gasteiger partial charge in [-0.15, -0.1) is 0 Å². The fraction of sp³-hybridized carbons (Fsp3) is 0.321. The molecule has 0 radical (unpaired) electrons. The third kappa shape index (κ3) is 6.90. The van der Waals surface area contributed by atoms with Crippen molar-refractivity contribution in [2.45, 2.75) is 51.3 Å². The quantitative estimate of drug-likeness (QED) is 0.460. The summed E-state index contributed by atoms with van der Waals surface area (Å²) in [5, 5.41) is 2.69. The smallest absolute Gasteiger partial charge is 0.329 e. The van der Waals surface area contributed by atoms with Crippen LogP contribution in [0, 0.1) is 0 Å². The van der Waals surface area contributed by atoms with Gasteiger partial charge < -0.3 is 20.4 Å². The van der Waals surface area contributed by atoms with Crippen molar-refractivity contribution in [1.29, 1.82) is 0 Å². The number of benzene rings is 2. The van der Waals surface area contributed by atoms with Gasteiger partial charge in [-0.25, -0.2) is 4.79 Å². The average molecular weight is 476 g/mol. The SMILES string of the molecule is CC(C)(C)OC(=O)[C@H](CCCN)NC(=O)c1cccn(C(c2ccccc2)c2ccccc2)c1=O. The molecule has 35 heavy (non-hydrogen) atoms. The average Bonchev–Trinajstić information content (AvgIpc) is 2.83. The lowest BCUT2D eigenvalue weighted by Gasteiger charge is -2.25. The number of esters is 1. The van der Waals surface area contributed by atoms with E-state index in [-0.39, 0.29) is 5.56 Å². The molecule has 0 unspecified atom stereocenters. The third-order valence-corrected chi connectivity index (χ3v) is 5.42. The van der Waals surface area contributed by atoms with Gasteiger partial charge in [-0.3, -0.25) is 9.59 Å². The minimum absolute atomic E-state index is 0.0503. The molecule has 3 aromatic rings. The normalized spacial score (nSPS) is 12.3. The highest BCUT2D eigenvalue weighted by Crippen LogP contribution is 2.25. The first kappa shape index (κ1) is 25.9. The Kier molecular flexibility index (Phi) is 8.60. The van der Waals surface area contributed by atoms with Crippen molar-refractivity contribution < 1.29 is 14.3 Å². The molecule has 1 amide bonds. The Morgan fingerprint density at radius 1 is 0.943 bits per heavy atom. The third-order valence-electron chi connectivity index (χ3n) is 5.42. The van der Waals surface area contributed by atoms with Crippen molar-refractivity contribution in [2.24, 2.45) is 5.73 Å². The van der Waals surface area contributed by atoms with Gasteiger partial charge in [0.05, 0.1) is 6.04 Å². The number of nitrogens with one attached hydrogen (secondary N) is 1. The Bertz CT molecular complexity index is 1140. The predicted octanol–water partition coefficient (Wildman–Crippen LogP) is 3.67. The highest BCUT2D eigenvalue weighted by atomic mass is 16.6. The number of hydrogen-bond donors (Lipinski definition) is 2. The van der Waals surface area contributed by atoms with E-state index in [1.165, 1.54) is 6.07 Å². The van der Waals surface area contributed by atoms with Crippen molar-refractivity contribution in [1.82, 2.24) is 9.88 Å². The predicted molar refractivity (Wildman–Crippen MR) is 136 cm³/mol. The number of nitrogens with zero attached hydrogens (tertiary/aromatic N) is 1. The monoisotopic (exact) mass is 475 g/mol. The van der Waals surface area contributed by atoms with Gasteiger partial charge in [0, 0.05) is 6.20 Å². The fourth-order valence-electron chi connectivity index (χ4n) is 3.85. The number of hydrogen-bond acceptors (Lipinski definition) is 5. The molecule has 0 saturated heterocycles. The van der Waals surface area contributed by atoms with Crippen LogP contribution in [0.25, 0.3) is 0 Å². The van der Waals surface area contributed by atoms with E-state index in [1.54, 1.807) is 37.6 Å². The molecule has 2 aromatic carbocycles. The second kappa shape index (κ2) is 11.6. The van der Waals surface area contributed by atoms with Crippen LogP contribution >= 0.6 is 0 Å². The molecule has 0 fully saturated rings. The number of aromatic nitrogens is 1. The van der Waals surface area contributed by atoms with E-state index in [9.17, 15) is 14.4 Å². The first-order chi connectivity index (χ1) is 16.7. The van der Waals surface area contributed by atoms with Crippen LogP contribution in [0.4, 0.5) is 0 Å². The maximum Gasteiger partial charge on any atom is 0.329 e. The van der Waals surface area contributed by atoms with Crippen molar-refractivity contribution in [3.8, 4) is 0 Å². The molecule has 184 valence electrons. The van der Waals surface area contributed by atoms with Gasteiger partial charge in [0.1, 0.15) is 17.2 Å². The number of amides is 1. The molecule has 3 rings (SSSR count). The lowest BCUT2D eigenvalue weighted by molar-refractivity contribution is -0.157. The van der Waals surface area contributed by atoms with Crippen LogP contribution in [0.5, 0.6) is 0 Å². The summed E-state index contributed by atoms with van der Waals surface area (Å²) in [7, 11) is 0. The highest BCUT2D eigenvalue weighted by Gasteiger charge is 2.28. The Hall–Kier alpha value is -3.71. The van der Waals surface area contributed by atoms with Gasteiger partial charge in [0.2, 0.25) is 0 Å². The molecule has 0 bridgehead atoms. The second-order valence-corrected chi connectivity index (χ2v) is 9.35. The Morgan fingerprint density at radius 3 is 2.03 bits per heavy atom. The van der Waals surface area contributed by atoms with Crippen LogP contribution < -0.4 is 16.6 Å². The van der Waals surface area contributed by atoms with Crippen LogP contribution in [0.3, 0.4) is 0 Å². The summed E-state index contributed by atoms with van der Waals surface area (Å²) in [6.07, 6.45) is 2.51. The summed E-state index contributed by atoms with van der Waals surface area (Å²) in [6.45, 7) is 5.64. The van der Waals surface area contributed by atoms with Crippen LogP contribution in [0.1, 0.15) is 61.1 Å². The molecule has 0 aliphatic heterocycles. The maximum atomic E-state index is 13.6. The number of carbonyl (C=O) groups excluding carboxylic acids is 2. The fourth-order valence-corrected chi connectivity index (χ4v) is 3.85. The number of rotatable bonds is 9. The molecule has 7 nitrogen and oxygen atoms in total. The molecular weight excluding hydrogens is 442 g/mol. The maximum absolute atomic E-state index is 13.6. The molecule has 1 aromatic heterocycles. The Balaban J connectivity index is 1.96. The standard InChI is InChI=1S/C28H33N3O4/c1-28(2,3)35-27(34)23(17-10-18-29)30-25(32)22-16-11-19-31(26(22)33)24(20-12-6-4-7-13-20)21-14-8-5-9-15-21/h4-9,11-16,19,23-24H,10,17-18,29H2,1-3H3,(H,30,32)/t23-/m0/s1. The second-order valence-electron chi connectivity index (χ2n) is 9.35. The van der Waals surface area contributed by atoms with Gasteiger partial charge in [0.15, 0.2) is 0 Å². The lowest BCUT2D eigenvalue weighted by atomic mass is 9.98. The molecule has 0 spiro atoms. The van der Waals surface area contributed by atoms with Gasteiger partial charge in [-0.05, 0) is 63.4 Å². The first-order valence-corrected chi connectivity index (χ1v) is 11.8. The number of nitrogens with two attached hydrogens (primary N) is 1. The summed E-state index contributed by atoms with van der Waals surface area (Å²) in [5.74, 6) is -1.18. The Labute approximate surface area is 205 Å². The summed E-state index contributed by atoms with van der Waals surface area (Å²) in [5.41, 5.74) is 6.22. The van der Waals surface area contributed by atoms with Gasteiger partial charge in [-0.2, -0.15) is 0 Å². The highest BCUT2D eigenvalue weighted by molar-refractivity contribution is 5.96. The molecule has 0 aliphatic rings. The topological polar surface area (TPSA) is 103 Å². The van der Waals surface area contributed by atoms with E-state index in [1.807, 2.05) is 60.7 Å². The lowest BCUT2D eigenvalue weighted by Crippen LogP contribution is -2.46. The number of pyridine rings is 1. The molecule has 0 aliphatic carbocycles. The molecule has 7 heteroatoms. The molecule has 1 heterocycles. The van der Waals surface area contributed by atoms with Crippen LogP contribution in [-0.2, 0) is 9.53 Å². The van der Waals surface area contributed by atoms with E-state index < -0.39 is 35.1 Å². The first-order valence-electron chi connectivity index (χ1n) is 11.8. The van der Waals surface area contributed by atoms with E-state index in [0.717, 1.165) is 11.1 Å². The minimum atomic E-state index is -0.905. The van der Waals surface area contributed by atoms with Gasteiger partial charge in [-0.1, -0.05) is 60.7 Å². The largest absolute Gasteiger partial charge is 0.458 e. The minimum Gasteiger partial charge on any atom is -0.458 e. The van der Waals surface area contributed by atoms with E-state index in [2.05, 4.69) is 5.32 Å². The zero-order valence-corrected chi connectivity index (χ0v) is 20.4. The van der Waals surface area contributed by atoms with E-state index in [4.69, 9.17) is 10.5 Å². The zero-order valence-electron chi connectivity index (χ0n) is 20.4. The summed E-state index contributed by atoms with van der Waals surface area (Å²) in [4.78, 5) is 39.5. The summed E-state index contributed by atoms with van der Waals surface area (Å²) >= 11 is 0. The number of carbonyl (C=O) groups is 2. The molecular formula is C28H33N3O4. The molecule has 3 N–H and O–H groups in total. The van der Waals surface area contributed by atoms with E-state index >= 15 is 0 Å². The van der Waals surface area contributed by atoms with Crippen molar-refractivity contribution in [3.63, 3.8) is 0 Å². The van der Waals surface area contributed by atoms with Crippen molar-refractivity contribution >= 4 is 11.9 Å². The van der Waals surface area contributed by atoms with Crippen LogP contribution in [-0.4, -0.2) is 34.6 Å². The van der Waals surface area contributed by atoms with E-state index in [0.29, 0.717) is 19.4 Å². The molecule has 0 saturated carbocycles. The van der Waals surface area contributed by atoms with Gasteiger partial charge in [0.25, 0.3) is 11.5 Å². The van der Waals surface area contributed by atoms with Crippen molar-refractivity contribution in [2.75, 3.05) is 6.54 Å². The molecule has 1 atom stereocenters. The van der Waals surface area contributed by atoms with Crippen molar-refractivity contribution in [3.05, 3.63) is 106 Å². The van der Waals surface area contributed by atoms with Crippen LogP contribution in [0.15, 0.2) is 83.8 Å². The summed E-state index contributed by atoms with van der Waals surface area (Å²) in [6, 6.07) is 21.1. The number of ether oxygens (including phenoxy) is 1. The van der Waals surface area contributed by atoms with Gasteiger partial charge >= 0.3 is 5.97 Å².